The van der Waals surface area contributed by atoms with Gasteiger partial charge >= 0.3 is 0 Å². The Kier molecular flexibility index (Phi) is 7.53. The van der Waals surface area contributed by atoms with Gasteiger partial charge < -0.3 is 19.6 Å². The first kappa shape index (κ1) is 21.6. The van der Waals surface area contributed by atoms with Crippen LogP contribution in [-0.2, 0) is 17.6 Å². The number of aromatic nitrogens is 1. The number of carbonyl (C=O) groups excluding carboxylic acids is 1. The molecule has 29 heavy (non-hydrogen) atoms. The molecule has 0 spiro atoms. The number of aryl methyl sites for hydroxylation is 1. The van der Waals surface area contributed by atoms with E-state index in [1.807, 2.05) is 25.1 Å². The van der Waals surface area contributed by atoms with Gasteiger partial charge in [-0.25, -0.2) is 4.98 Å². The zero-order chi connectivity index (χ0) is 20.8. The molecule has 0 aliphatic rings. The second kappa shape index (κ2) is 10.1. The molecule has 7 nitrogen and oxygen atoms in total. The summed E-state index contributed by atoms with van der Waals surface area (Å²) in [5, 5.41) is 5.91. The van der Waals surface area contributed by atoms with Gasteiger partial charge in [0.1, 0.15) is 9.46 Å². The minimum atomic E-state index is -2.06. The van der Waals surface area contributed by atoms with Crippen LogP contribution < -0.4 is 10.6 Å². The molecule has 3 rings (SSSR count). The first-order valence-corrected chi connectivity index (χ1v) is 11.1. The second-order valence-corrected chi connectivity index (χ2v) is 8.32. The van der Waals surface area contributed by atoms with E-state index in [0.29, 0.717) is 30.2 Å². The van der Waals surface area contributed by atoms with Gasteiger partial charge in [0.05, 0.1) is 0 Å². The van der Waals surface area contributed by atoms with Gasteiger partial charge in [-0.1, -0.05) is 23.2 Å². The van der Waals surface area contributed by atoms with Gasteiger partial charge in [-0.3, -0.25) is 9.00 Å². The van der Waals surface area contributed by atoms with Crippen molar-refractivity contribution in [2.75, 3.05) is 17.6 Å². The lowest BCUT2D eigenvalue weighted by Gasteiger charge is -2.09. The van der Waals surface area contributed by atoms with Crippen LogP contribution >= 0.6 is 22.6 Å². The third kappa shape index (κ3) is 6.20. The normalized spacial score (nSPS) is 12.0. The number of carbonyl (C=O) groups is 1. The maximum Gasteiger partial charge on any atom is 0.255 e. The van der Waals surface area contributed by atoms with E-state index < -0.39 is 11.1 Å². The predicted octanol–water partition coefficient (Wildman–Crippen LogP) is 3.48. The van der Waals surface area contributed by atoms with Crippen molar-refractivity contribution in [3.8, 4) is 11.5 Å². The summed E-state index contributed by atoms with van der Waals surface area (Å²) in [6, 6.07) is 14.5. The fourth-order valence-corrected chi connectivity index (χ4v) is 3.25. The Balaban J connectivity index is 1.61. The Morgan fingerprint density at radius 1 is 1.24 bits per heavy atom. The quantitative estimate of drug-likeness (QED) is 0.266. The Morgan fingerprint density at radius 3 is 2.66 bits per heavy atom. The maximum atomic E-state index is 12.5. The molecule has 0 saturated heterocycles. The molecule has 1 atom stereocenters. The standard InChI is InChI=1S/C20H20IN3O4S/c1-13-18(21)24-20(28-13)15-5-7-17(8-6-15)23-19(25)16-4-2-3-14(11-16)12-22-9-10-29(26)27/h2-8,11,22H,9-10,12H2,1H3,(H,23,25)(H,26,27)/p-1. The van der Waals surface area contributed by atoms with E-state index in [1.165, 1.54) is 0 Å². The lowest BCUT2D eigenvalue weighted by Crippen LogP contribution is -2.20. The smallest absolute Gasteiger partial charge is 0.255 e. The molecule has 0 bridgehead atoms. The second-order valence-electron chi connectivity index (χ2n) is 6.28. The minimum Gasteiger partial charge on any atom is -0.772 e. The number of nitrogens with zero attached hydrogens (tertiary/aromatic N) is 1. The van der Waals surface area contributed by atoms with Crippen LogP contribution in [0.4, 0.5) is 5.69 Å². The summed E-state index contributed by atoms with van der Waals surface area (Å²) in [7, 11) is 0. The van der Waals surface area contributed by atoms with E-state index >= 15 is 0 Å². The van der Waals surface area contributed by atoms with Crippen LogP contribution in [0.3, 0.4) is 0 Å². The molecule has 2 aromatic carbocycles. The predicted molar refractivity (Wildman–Crippen MR) is 119 cm³/mol. The van der Waals surface area contributed by atoms with Gasteiger partial charge in [-0.15, -0.1) is 0 Å². The Bertz CT molecular complexity index is 1000. The molecular formula is C20H19IN3O4S-. The molecule has 0 saturated carbocycles. The summed E-state index contributed by atoms with van der Waals surface area (Å²) in [4.78, 5) is 16.9. The zero-order valence-corrected chi connectivity index (χ0v) is 18.6. The van der Waals surface area contributed by atoms with Crippen molar-refractivity contribution >= 4 is 45.3 Å². The molecular weight excluding hydrogens is 505 g/mol. The average molecular weight is 524 g/mol. The van der Waals surface area contributed by atoms with Crippen LogP contribution in [0.15, 0.2) is 52.9 Å². The third-order valence-electron chi connectivity index (χ3n) is 4.09. The van der Waals surface area contributed by atoms with Gasteiger partial charge in [-0.2, -0.15) is 0 Å². The first-order valence-electron chi connectivity index (χ1n) is 8.82. The lowest BCUT2D eigenvalue weighted by molar-refractivity contribution is 0.102. The number of oxazole rings is 1. The van der Waals surface area contributed by atoms with E-state index in [0.717, 1.165) is 20.6 Å². The van der Waals surface area contributed by atoms with Crippen LogP contribution in [-0.4, -0.2) is 32.0 Å². The summed E-state index contributed by atoms with van der Waals surface area (Å²) in [5.74, 6) is 1.16. The summed E-state index contributed by atoms with van der Waals surface area (Å²) in [5.41, 5.74) is 2.93. The van der Waals surface area contributed by atoms with E-state index in [2.05, 4.69) is 38.2 Å². The van der Waals surface area contributed by atoms with Crippen LogP contribution in [0.1, 0.15) is 21.7 Å². The Labute approximate surface area is 184 Å². The first-order chi connectivity index (χ1) is 13.9. The number of amides is 1. The molecule has 1 amide bonds. The van der Waals surface area contributed by atoms with Crippen molar-refractivity contribution in [2.45, 2.75) is 13.5 Å². The fourth-order valence-electron chi connectivity index (χ4n) is 2.61. The summed E-state index contributed by atoms with van der Waals surface area (Å²) < 4.78 is 27.5. The zero-order valence-electron chi connectivity index (χ0n) is 15.6. The SMILES string of the molecule is Cc1oc(-c2ccc(NC(=O)c3cccc(CNCCS(=O)[O-])c3)cc2)nc1I. The number of nitrogens with one attached hydrogen (secondary N) is 2. The largest absolute Gasteiger partial charge is 0.772 e. The Morgan fingerprint density at radius 2 is 2.00 bits per heavy atom. The van der Waals surface area contributed by atoms with E-state index in [-0.39, 0.29) is 11.7 Å². The molecule has 0 radical (unpaired) electrons. The molecule has 1 unspecified atom stereocenters. The van der Waals surface area contributed by atoms with Crippen LogP contribution in [0, 0.1) is 10.6 Å². The number of hydrogen-bond donors (Lipinski definition) is 2. The van der Waals surface area contributed by atoms with Gasteiger partial charge in [0, 0.05) is 35.7 Å². The van der Waals surface area contributed by atoms with Crippen molar-refractivity contribution in [3.05, 3.63) is 69.1 Å². The highest BCUT2D eigenvalue weighted by molar-refractivity contribution is 14.1. The number of anilines is 1. The van der Waals surface area contributed by atoms with Crippen LogP contribution in [0.2, 0.25) is 0 Å². The third-order valence-corrected chi connectivity index (χ3v) is 5.63. The van der Waals surface area contributed by atoms with Crippen LogP contribution in [0.25, 0.3) is 11.5 Å². The number of rotatable bonds is 8. The van der Waals surface area contributed by atoms with Gasteiger partial charge in [0.25, 0.3) is 5.91 Å². The fraction of sp³-hybridized carbons (Fsp3) is 0.200. The van der Waals surface area contributed by atoms with Crippen molar-refractivity contribution in [3.63, 3.8) is 0 Å². The number of hydrogen-bond acceptors (Lipinski definition) is 6. The molecule has 2 N–H and O–H groups in total. The van der Waals surface area contributed by atoms with Crippen molar-refractivity contribution in [1.29, 1.82) is 0 Å². The highest BCUT2D eigenvalue weighted by atomic mass is 127. The molecule has 0 aliphatic carbocycles. The monoisotopic (exact) mass is 524 g/mol. The number of benzene rings is 2. The summed E-state index contributed by atoms with van der Waals surface area (Å²) in [6.07, 6.45) is 0. The van der Waals surface area contributed by atoms with Crippen molar-refractivity contribution in [1.82, 2.24) is 10.3 Å². The molecule has 152 valence electrons. The molecule has 3 aromatic rings. The summed E-state index contributed by atoms with van der Waals surface area (Å²) >= 11 is 0.0642. The molecule has 0 fully saturated rings. The maximum absolute atomic E-state index is 12.5. The van der Waals surface area contributed by atoms with Crippen LogP contribution in [0.5, 0.6) is 0 Å². The molecule has 1 aromatic heterocycles. The summed E-state index contributed by atoms with van der Waals surface area (Å²) in [6.45, 7) is 2.71. The van der Waals surface area contributed by atoms with E-state index in [1.54, 1.807) is 30.3 Å². The van der Waals surface area contributed by atoms with Gasteiger partial charge in [-0.05, 0) is 71.5 Å². The highest BCUT2D eigenvalue weighted by Gasteiger charge is 2.10. The highest BCUT2D eigenvalue weighted by Crippen LogP contribution is 2.24. The Hall–Kier alpha value is -2.08. The minimum absolute atomic E-state index is 0.0580. The number of halogens is 1. The molecule has 0 aliphatic heterocycles. The van der Waals surface area contributed by atoms with E-state index in [9.17, 15) is 13.6 Å². The van der Waals surface area contributed by atoms with Crippen molar-refractivity contribution in [2.24, 2.45) is 0 Å². The molecule has 9 heteroatoms. The topological polar surface area (TPSA) is 107 Å². The average Bonchev–Trinajstić information content (AvgIpc) is 3.04. The van der Waals surface area contributed by atoms with Crippen molar-refractivity contribution < 1.29 is 18.0 Å². The molecule has 1 heterocycles. The van der Waals surface area contributed by atoms with E-state index in [4.69, 9.17) is 4.42 Å². The lowest BCUT2D eigenvalue weighted by atomic mass is 10.1. The van der Waals surface area contributed by atoms with Gasteiger partial charge in [0.2, 0.25) is 5.89 Å². The van der Waals surface area contributed by atoms with Gasteiger partial charge in [0.15, 0.2) is 0 Å².